The van der Waals surface area contributed by atoms with E-state index in [1.807, 2.05) is 32.0 Å². The smallest absolute Gasteiger partial charge is 0.182 e. The molecule has 1 heterocycles. The number of amidine groups is 1. The van der Waals surface area contributed by atoms with Crippen molar-refractivity contribution in [3.8, 4) is 0 Å². The van der Waals surface area contributed by atoms with E-state index in [1.165, 1.54) is 12.1 Å². The van der Waals surface area contributed by atoms with Crippen LogP contribution in [0.2, 0.25) is 0 Å². The molecule has 0 atom stereocenters. The van der Waals surface area contributed by atoms with Gasteiger partial charge in [-0.25, -0.2) is 9.38 Å². The summed E-state index contributed by atoms with van der Waals surface area (Å²) in [6.07, 6.45) is 0. The molecule has 0 amide bonds. The minimum absolute atomic E-state index is 0.238. The molecule has 3 rings (SSSR count). The third-order valence-corrected chi connectivity index (χ3v) is 4.34. The molecular weight excluding hydrogens is 297 g/mol. The SMILES string of the molecule is Cc1cccc(C)c1N=C1NN=C(c2ccc(F)cc2)CS1. The Bertz CT molecular complexity index is 731. The minimum Gasteiger partial charge on any atom is -0.255 e. The van der Waals surface area contributed by atoms with Crippen molar-refractivity contribution in [1.29, 1.82) is 0 Å². The highest BCUT2D eigenvalue weighted by Gasteiger charge is 2.14. The Hall–Kier alpha value is -2.14. The van der Waals surface area contributed by atoms with Crippen molar-refractivity contribution < 1.29 is 4.39 Å². The van der Waals surface area contributed by atoms with E-state index in [-0.39, 0.29) is 5.82 Å². The predicted molar refractivity (Wildman–Crippen MR) is 91.5 cm³/mol. The summed E-state index contributed by atoms with van der Waals surface area (Å²) in [6, 6.07) is 12.5. The van der Waals surface area contributed by atoms with E-state index in [4.69, 9.17) is 0 Å². The first-order chi connectivity index (χ1) is 10.6. The van der Waals surface area contributed by atoms with Crippen LogP contribution in [0.25, 0.3) is 0 Å². The first-order valence-corrected chi connectivity index (χ1v) is 7.98. The predicted octanol–water partition coefficient (Wildman–Crippen LogP) is 4.17. The summed E-state index contributed by atoms with van der Waals surface area (Å²) in [7, 11) is 0. The van der Waals surface area contributed by atoms with E-state index >= 15 is 0 Å². The number of rotatable bonds is 2. The van der Waals surface area contributed by atoms with E-state index in [1.54, 1.807) is 23.9 Å². The molecule has 5 heteroatoms. The molecule has 0 radical (unpaired) electrons. The van der Waals surface area contributed by atoms with Crippen LogP contribution in [0.15, 0.2) is 52.6 Å². The van der Waals surface area contributed by atoms with Crippen LogP contribution in [-0.2, 0) is 0 Å². The third kappa shape index (κ3) is 3.20. The topological polar surface area (TPSA) is 36.8 Å². The van der Waals surface area contributed by atoms with Crippen molar-refractivity contribution in [1.82, 2.24) is 5.43 Å². The van der Waals surface area contributed by atoms with E-state index in [9.17, 15) is 4.39 Å². The average Bonchev–Trinajstić information content (AvgIpc) is 2.53. The average molecular weight is 313 g/mol. The maximum absolute atomic E-state index is 13.0. The van der Waals surface area contributed by atoms with Crippen LogP contribution < -0.4 is 5.43 Å². The molecule has 22 heavy (non-hydrogen) atoms. The number of halogens is 1. The van der Waals surface area contributed by atoms with E-state index < -0.39 is 0 Å². The molecular formula is C17H16FN3S. The number of thioether (sulfide) groups is 1. The maximum atomic E-state index is 13.0. The summed E-state index contributed by atoms with van der Waals surface area (Å²) in [5.41, 5.74) is 8.08. The zero-order chi connectivity index (χ0) is 15.5. The van der Waals surface area contributed by atoms with Gasteiger partial charge in [0.25, 0.3) is 0 Å². The summed E-state index contributed by atoms with van der Waals surface area (Å²) in [5, 5.41) is 5.14. The van der Waals surface area contributed by atoms with Crippen LogP contribution >= 0.6 is 11.8 Å². The molecule has 2 aromatic rings. The fourth-order valence-corrected chi connectivity index (χ4v) is 3.02. The highest BCUT2D eigenvalue weighted by atomic mass is 32.2. The quantitative estimate of drug-likeness (QED) is 0.903. The Morgan fingerprint density at radius 2 is 1.77 bits per heavy atom. The molecule has 0 spiro atoms. The van der Waals surface area contributed by atoms with Crippen LogP contribution in [0.5, 0.6) is 0 Å². The number of nitrogens with zero attached hydrogens (tertiary/aromatic N) is 2. The van der Waals surface area contributed by atoms with Gasteiger partial charge in [0.1, 0.15) is 5.82 Å². The first kappa shape index (κ1) is 14.8. The standard InChI is InChI=1S/C17H16FN3S/c1-11-4-3-5-12(2)16(11)19-17-21-20-15(10-22-17)13-6-8-14(18)9-7-13/h3-9H,10H2,1-2H3,(H,19,21). The Labute approximate surface area is 133 Å². The van der Waals surface area contributed by atoms with Crippen molar-refractivity contribution in [2.45, 2.75) is 13.8 Å². The summed E-state index contributed by atoms with van der Waals surface area (Å²) < 4.78 is 13.0. The lowest BCUT2D eigenvalue weighted by Gasteiger charge is -2.15. The number of para-hydroxylation sites is 1. The maximum Gasteiger partial charge on any atom is 0.182 e. The number of benzene rings is 2. The summed E-state index contributed by atoms with van der Waals surface area (Å²) in [5.74, 6) is 0.473. The summed E-state index contributed by atoms with van der Waals surface area (Å²) in [6.45, 7) is 4.10. The second-order valence-corrected chi connectivity index (χ2v) is 6.09. The molecule has 0 saturated heterocycles. The Morgan fingerprint density at radius 1 is 1.09 bits per heavy atom. The van der Waals surface area contributed by atoms with Gasteiger partial charge in [-0.1, -0.05) is 42.1 Å². The zero-order valence-electron chi connectivity index (χ0n) is 12.4. The molecule has 0 saturated carbocycles. The largest absolute Gasteiger partial charge is 0.255 e. The number of hydrogen-bond donors (Lipinski definition) is 1. The van der Waals surface area contributed by atoms with Crippen LogP contribution in [-0.4, -0.2) is 16.6 Å². The molecule has 2 aromatic carbocycles. The van der Waals surface area contributed by atoms with Crippen molar-refractivity contribution in [3.05, 3.63) is 65.0 Å². The van der Waals surface area contributed by atoms with E-state index in [0.29, 0.717) is 5.75 Å². The highest BCUT2D eigenvalue weighted by molar-refractivity contribution is 8.14. The van der Waals surface area contributed by atoms with E-state index in [0.717, 1.165) is 33.3 Å². The lowest BCUT2D eigenvalue weighted by molar-refractivity contribution is 0.628. The van der Waals surface area contributed by atoms with Crippen LogP contribution in [0.1, 0.15) is 16.7 Å². The van der Waals surface area contributed by atoms with Crippen molar-refractivity contribution in [3.63, 3.8) is 0 Å². The fraction of sp³-hybridized carbons (Fsp3) is 0.176. The number of aryl methyl sites for hydroxylation is 2. The molecule has 0 bridgehead atoms. The summed E-state index contributed by atoms with van der Waals surface area (Å²) >= 11 is 1.60. The van der Waals surface area contributed by atoms with Gasteiger partial charge in [0.2, 0.25) is 0 Å². The van der Waals surface area contributed by atoms with Gasteiger partial charge < -0.3 is 0 Å². The second-order valence-electron chi connectivity index (χ2n) is 5.12. The van der Waals surface area contributed by atoms with Crippen molar-refractivity contribution in [2.24, 2.45) is 10.1 Å². The molecule has 1 N–H and O–H groups in total. The molecule has 112 valence electrons. The van der Waals surface area contributed by atoms with E-state index in [2.05, 4.69) is 15.5 Å². The van der Waals surface area contributed by atoms with Crippen molar-refractivity contribution in [2.75, 3.05) is 5.75 Å². The number of aliphatic imine (C=N–C) groups is 1. The Kier molecular flexibility index (Phi) is 4.24. The monoisotopic (exact) mass is 313 g/mol. The zero-order valence-corrected chi connectivity index (χ0v) is 13.2. The van der Waals surface area contributed by atoms with Gasteiger partial charge in [0.15, 0.2) is 5.17 Å². The van der Waals surface area contributed by atoms with Gasteiger partial charge in [-0.3, -0.25) is 5.43 Å². The molecule has 1 aliphatic rings. The molecule has 0 unspecified atom stereocenters. The highest BCUT2D eigenvalue weighted by Crippen LogP contribution is 2.25. The van der Waals surface area contributed by atoms with Crippen LogP contribution in [0.4, 0.5) is 10.1 Å². The lowest BCUT2D eigenvalue weighted by atomic mass is 10.1. The van der Waals surface area contributed by atoms with Crippen LogP contribution in [0, 0.1) is 19.7 Å². The lowest BCUT2D eigenvalue weighted by Crippen LogP contribution is -2.25. The number of hydrogen-bond acceptors (Lipinski definition) is 3. The normalized spacial score (nSPS) is 16.3. The van der Waals surface area contributed by atoms with Crippen molar-refractivity contribution >= 4 is 28.3 Å². The molecule has 0 fully saturated rings. The van der Waals surface area contributed by atoms with Crippen LogP contribution in [0.3, 0.4) is 0 Å². The Balaban J connectivity index is 1.81. The fourth-order valence-electron chi connectivity index (χ4n) is 2.25. The minimum atomic E-state index is -0.238. The molecule has 0 aromatic heterocycles. The number of nitrogens with one attached hydrogen (secondary N) is 1. The molecule has 1 aliphatic heterocycles. The van der Waals surface area contributed by atoms with Gasteiger partial charge in [-0.15, -0.1) is 0 Å². The third-order valence-electron chi connectivity index (χ3n) is 3.46. The van der Waals surface area contributed by atoms with Gasteiger partial charge >= 0.3 is 0 Å². The van der Waals surface area contributed by atoms with Gasteiger partial charge in [0, 0.05) is 5.75 Å². The first-order valence-electron chi connectivity index (χ1n) is 7.00. The molecule has 0 aliphatic carbocycles. The van der Waals surface area contributed by atoms with Gasteiger partial charge in [-0.2, -0.15) is 5.10 Å². The Morgan fingerprint density at radius 3 is 2.36 bits per heavy atom. The number of hydrazone groups is 1. The van der Waals surface area contributed by atoms with Gasteiger partial charge in [0.05, 0.1) is 11.4 Å². The van der Waals surface area contributed by atoms with Gasteiger partial charge in [-0.05, 0) is 42.7 Å². The molecule has 3 nitrogen and oxygen atoms in total. The second kappa shape index (κ2) is 6.32. The summed E-state index contributed by atoms with van der Waals surface area (Å²) in [4.78, 5) is 4.66.